The summed E-state index contributed by atoms with van der Waals surface area (Å²) in [7, 11) is -1.44. The average Bonchev–Trinajstić information content (AvgIpc) is 1.76. The highest BCUT2D eigenvalue weighted by Crippen LogP contribution is 2.39. The van der Waals surface area contributed by atoms with Crippen LogP contribution in [-0.2, 0) is 4.43 Å². The summed E-state index contributed by atoms with van der Waals surface area (Å²) in [5, 5.41) is 0.378. The van der Waals surface area contributed by atoms with Crippen molar-refractivity contribution in [3.8, 4) is 0 Å². The first-order chi connectivity index (χ1) is 5.33. The normalized spacial score (nSPS) is 20.8. The molecule has 0 aromatic heterocycles. The van der Waals surface area contributed by atoms with Crippen LogP contribution in [0.25, 0.3) is 0 Å². The van der Waals surface area contributed by atoms with Gasteiger partial charge >= 0.3 is 0 Å². The molecular formula is C10H22OSi. The largest absolute Gasteiger partial charge is 0.414 e. The van der Waals surface area contributed by atoms with Gasteiger partial charge in [0.1, 0.15) is 0 Å². The lowest BCUT2D eigenvalue weighted by Gasteiger charge is -2.41. The molecule has 0 aliphatic heterocycles. The van der Waals surface area contributed by atoms with Crippen molar-refractivity contribution in [2.24, 2.45) is 0 Å². The van der Waals surface area contributed by atoms with E-state index in [9.17, 15) is 0 Å². The van der Waals surface area contributed by atoms with Crippen LogP contribution in [0.2, 0.25) is 18.1 Å². The molecule has 0 atom stereocenters. The van der Waals surface area contributed by atoms with Crippen LogP contribution >= 0.6 is 0 Å². The third-order valence-electron chi connectivity index (χ3n) is 3.32. The van der Waals surface area contributed by atoms with Gasteiger partial charge in [-0.15, -0.1) is 0 Å². The van der Waals surface area contributed by atoms with Crippen molar-refractivity contribution in [1.82, 2.24) is 0 Å². The quantitative estimate of drug-likeness (QED) is 0.599. The Bertz CT molecular complexity index is 154. The standard InChI is InChI=1S/C10H22OSi/c1-10(2,3)12(4,5)11-9-7-6-8-9/h9H,6-8H2,1-5H3. The van der Waals surface area contributed by atoms with Crippen LogP contribution in [0.5, 0.6) is 0 Å². The summed E-state index contributed by atoms with van der Waals surface area (Å²) >= 11 is 0. The Morgan fingerprint density at radius 2 is 1.67 bits per heavy atom. The lowest BCUT2D eigenvalue weighted by Crippen LogP contribution is -2.45. The Morgan fingerprint density at radius 1 is 1.17 bits per heavy atom. The highest BCUT2D eigenvalue weighted by molar-refractivity contribution is 6.74. The molecule has 12 heavy (non-hydrogen) atoms. The first-order valence-corrected chi connectivity index (χ1v) is 7.91. The maximum absolute atomic E-state index is 6.18. The predicted molar refractivity (Wildman–Crippen MR) is 55.9 cm³/mol. The topological polar surface area (TPSA) is 9.23 Å². The zero-order valence-corrected chi connectivity index (χ0v) is 10.1. The Morgan fingerprint density at radius 3 is 1.92 bits per heavy atom. The van der Waals surface area contributed by atoms with E-state index in [0.717, 1.165) is 0 Å². The molecule has 0 N–H and O–H groups in total. The van der Waals surface area contributed by atoms with Crippen molar-refractivity contribution >= 4 is 8.32 Å². The lowest BCUT2D eigenvalue weighted by molar-refractivity contribution is 0.104. The molecule has 1 saturated carbocycles. The number of hydrogen-bond acceptors (Lipinski definition) is 1. The van der Waals surface area contributed by atoms with Gasteiger partial charge in [0.15, 0.2) is 8.32 Å². The molecule has 1 nitrogen and oxygen atoms in total. The van der Waals surface area contributed by atoms with E-state index >= 15 is 0 Å². The molecule has 1 fully saturated rings. The van der Waals surface area contributed by atoms with Gasteiger partial charge in [0, 0.05) is 6.10 Å². The third-order valence-corrected chi connectivity index (χ3v) is 7.85. The van der Waals surface area contributed by atoms with Crippen LogP contribution < -0.4 is 0 Å². The van der Waals surface area contributed by atoms with E-state index in [-0.39, 0.29) is 0 Å². The predicted octanol–water partition coefficient (Wildman–Crippen LogP) is 3.56. The second-order valence-corrected chi connectivity index (χ2v) is 10.2. The SMILES string of the molecule is CC(C)(C)[Si](C)(C)OC1CCC1. The number of hydrogen-bond donors (Lipinski definition) is 0. The van der Waals surface area contributed by atoms with E-state index in [1.54, 1.807) is 0 Å². The highest BCUT2D eigenvalue weighted by atomic mass is 28.4. The maximum Gasteiger partial charge on any atom is 0.192 e. The van der Waals surface area contributed by atoms with E-state index in [2.05, 4.69) is 33.9 Å². The molecule has 0 aromatic rings. The first kappa shape index (κ1) is 10.3. The fourth-order valence-electron chi connectivity index (χ4n) is 1.08. The van der Waals surface area contributed by atoms with E-state index < -0.39 is 8.32 Å². The van der Waals surface area contributed by atoms with Gasteiger partial charge in [0.05, 0.1) is 0 Å². The zero-order chi connectivity index (χ0) is 9.41. The summed E-state index contributed by atoms with van der Waals surface area (Å²) in [6.45, 7) is 11.6. The molecule has 0 spiro atoms. The van der Waals surface area contributed by atoms with E-state index in [1.807, 2.05) is 0 Å². The van der Waals surface area contributed by atoms with E-state index in [0.29, 0.717) is 11.1 Å². The fraction of sp³-hybridized carbons (Fsp3) is 1.00. The van der Waals surface area contributed by atoms with Crippen molar-refractivity contribution in [2.75, 3.05) is 0 Å². The molecule has 0 bridgehead atoms. The van der Waals surface area contributed by atoms with E-state index in [4.69, 9.17) is 4.43 Å². The summed E-state index contributed by atoms with van der Waals surface area (Å²) in [6, 6.07) is 0. The summed E-state index contributed by atoms with van der Waals surface area (Å²) in [6.07, 6.45) is 4.57. The average molecular weight is 186 g/mol. The minimum absolute atomic E-state index is 0.378. The van der Waals surface area contributed by atoms with Crippen molar-refractivity contribution in [3.05, 3.63) is 0 Å². The molecule has 1 aliphatic rings. The van der Waals surface area contributed by atoms with Gasteiger partial charge in [-0.05, 0) is 37.4 Å². The molecule has 1 aliphatic carbocycles. The van der Waals surface area contributed by atoms with Gasteiger partial charge in [-0.3, -0.25) is 0 Å². The molecule has 0 radical (unpaired) electrons. The smallest absolute Gasteiger partial charge is 0.192 e. The molecule has 0 unspecified atom stereocenters. The molecule has 0 heterocycles. The van der Waals surface area contributed by atoms with Crippen LogP contribution in [0.15, 0.2) is 0 Å². The Hall–Kier alpha value is 0.177. The summed E-state index contributed by atoms with van der Waals surface area (Å²) in [5.41, 5.74) is 0. The van der Waals surface area contributed by atoms with E-state index in [1.165, 1.54) is 19.3 Å². The fourth-order valence-corrected chi connectivity index (χ4v) is 2.50. The van der Waals surface area contributed by atoms with Crippen molar-refractivity contribution in [3.63, 3.8) is 0 Å². The molecule has 1 rings (SSSR count). The molecule has 2 heteroatoms. The van der Waals surface area contributed by atoms with Crippen molar-refractivity contribution < 1.29 is 4.43 Å². The highest BCUT2D eigenvalue weighted by Gasteiger charge is 2.40. The molecule has 72 valence electrons. The maximum atomic E-state index is 6.18. The third kappa shape index (κ3) is 2.11. The van der Waals surface area contributed by atoms with Gasteiger partial charge in [-0.1, -0.05) is 20.8 Å². The number of rotatable bonds is 2. The summed E-state index contributed by atoms with van der Waals surface area (Å²) in [5.74, 6) is 0. The minimum atomic E-state index is -1.44. The van der Waals surface area contributed by atoms with Gasteiger partial charge in [-0.25, -0.2) is 0 Å². The van der Waals surface area contributed by atoms with Gasteiger partial charge in [0.25, 0.3) is 0 Å². The van der Waals surface area contributed by atoms with Crippen LogP contribution in [0.4, 0.5) is 0 Å². The van der Waals surface area contributed by atoms with Crippen LogP contribution in [0.1, 0.15) is 40.0 Å². The second-order valence-electron chi connectivity index (χ2n) is 5.43. The molecule has 0 aromatic carbocycles. The van der Waals surface area contributed by atoms with Gasteiger partial charge in [0.2, 0.25) is 0 Å². The second kappa shape index (κ2) is 3.15. The van der Waals surface area contributed by atoms with Crippen LogP contribution in [0.3, 0.4) is 0 Å². The molecular weight excluding hydrogens is 164 g/mol. The molecule has 0 amide bonds. The monoisotopic (exact) mass is 186 g/mol. The lowest BCUT2D eigenvalue weighted by atomic mass is 9.97. The van der Waals surface area contributed by atoms with Crippen LogP contribution in [-0.4, -0.2) is 14.4 Å². The Kier molecular flexibility index (Phi) is 2.69. The molecule has 0 saturated heterocycles. The van der Waals surface area contributed by atoms with Crippen molar-refractivity contribution in [2.45, 2.75) is 64.3 Å². The van der Waals surface area contributed by atoms with Gasteiger partial charge in [-0.2, -0.15) is 0 Å². The van der Waals surface area contributed by atoms with Crippen molar-refractivity contribution in [1.29, 1.82) is 0 Å². The summed E-state index contributed by atoms with van der Waals surface area (Å²) < 4.78 is 6.18. The zero-order valence-electron chi connectivity index (χ0n) is 9.11. The first-order valence-electron chi connectivity index (χ1n) is 5.01. The minimum Gasteiger partial charge on any atom is -0.414 e. The van der Waals surface area contributed by atoms with Crippen LogP contribution in [0, 0.1) is 0 Å². The Labute approximate surface area is 77.6 Å². The summed E-state index contributed by atoms with van der Waals surface area (Å²) in [4.78, 5) is 0. The Balaban J connectivity index is 2.46. The van der Waals surface area contributed by atoms with Gasteiger partial charge < -0.3 is 4.43 Å².